The summed E-state index contributed by atoms with van der Waals surface area (Å²) in [5.41, 5.74) is 6.12. The van der Waals surface area contributed by atoms with Crippen LogP contribution < -0.4 is 11.1 Å². The summed E-state index contributed by atoms with van der Waals surface area (Å²) in [6.07, 6.45) is -2.11. The SMILES string of the molecule is CNCC(O)C(O)c1nc(Cl)ccc1N. The summed E-state index contributed by atoms with van der Waals surface area (Å²) in [5, 5.41) is 22.2. The molecule has 0 spiro atoms. The number of aliphatic hydroxyl groups excluding tert-OH is 2. The van der Waals surface area contributed by atoms with Crippen molar-refractivity contribution in [2.75, 3.05) is 19.3 Å². The maximum absolute atomic E-state index is 9.73. The van der Waals surface area contributed by atoms with Crippen molar-refractivity contribution < 1.29 is 10.2 Å². The van der Waals surface area contributed by atoms with Gasteiger partial charge in [-0.05, 0) is 19.2 Å². The van der Waals surface area contributed by atoms with Gasteiger partial charge in [0.15, 0.2) is 0 Å². The number of halogens is 1. The van der Waals surface area contributed by atoms with E-state index >= 15 is 0 Å². The normalized spacial score (nSPS) is 14.9. The Kier molecular flexibility index (Phi) is 4.28. The van der Waals surface area contributed by atoms with Crippen LogP contribution in [0, 0.1) is 0 Å². The number of rotatable bonds is 4. The average molecular weight is 232 g/mol. The molecule has 0 bridgehead atoms. The van der Waals surface area contributed by atoms with Crippen molar-refractivity contribution in [3.05, 3.63) is 23.0 Å². The summed E-state index contributed by atoms with van der Waals surface area (Å²) in [4.78, 5) is 3.88. The largest absolute Gasteiger partial charge is 0.397 e. The van der Waals surface area contributed by atoms with Crippen molar-refractivity contribution in [2.24, 2.45) is 0 Å². The fourth-order valence-corrected chi connectivity index (χ4v) is 1.35. The highest BCUT2D eigenvalue weighted by Gasteiger charge is 2.21. The van der Waals surface area contributed by atoms with Crippen LogP contribution in [-0.2, 0) is 0 Å². The third-order valence-electron chi connectivity index (χ3n) is 1.98. The second-order valence-electron chi connectivity index (χ2n) is 3.18. The van der Waals surface area contributed by atoms with Gasteiger partial charge in [-0.1, -0.05) is 11.6 Å². The average Bonchev–Trinajstić information content (AvgIpc) is 2.21. The van der Waals surface area contributed by atoms with Crippen molar-refractivity contribution >= 4 is 17.3 Å². The maximum atomic E-state index is 9.73. The summed E-state index contributed by atoms with van der Waals surface area (Å²) in [6, 6.07) is 3.07. The maximum Gasteiger partial charge on any atom is 0.129 e. The quantitative estimate of drug-likeness (QED) is 0.545. The van der Waals surface area contributed by atoms with Crippen LogP contribution in [0.4, 0.5) is 5.69 Å². The fourth-order valence-electron chi connectivity index (χ4n) is 1.20. The van der Waals surface area contributed by atoms with Crippen LogP contribution in [0.15, 0.2) is 12.1 Å². The first-order chi connectivity index (χ1) is 7.06. The number of nitrogens with zero attached hydrogens (tertiary/aromatic N) is 1. The Balaban J connectivity index is 2.89. The number of nitrogens with two attached hydrogens (primary N) is 1. The molecule has 2 unspecified atom stereocenters. The van der Waals surface area contributed by atoms with E-state index in [-0.39, 0.29) is 17.4 Å². The van der Waals surface area contributed by atoms with E-state index in [2.05, 4.69) is 10.3 Å². The molecule has 5 nitrogen and oxygen atoms in total. The van der Waals surface area contributed by atoms with Gasteiger partial charge in [-0.3, -0.25) is 0 Å². The molecule has 1 aromatic heterocycles. The molecule has 5 N–H and O–H groups in total. The Bertz CT molecular complexity index is 335. The summed E-state index contributed by atoms with van der Waals surface area (Å²) in [5.74, 6) is 0. The smallest absolute Gasteiger partial charge is 0.129 e. The summed E-state index contributed by atoms with van der Waals surface area (Å²) < 4.78 is 0. The summed E-state index contributed by atoms with van der Waals surface area (Å²) in [6.45, 7) is 0.245. The minimum Gasteiger partial charge on any atom is -0.397 e. The number of hydrogen-bond donors (Lipinski definition) is 4. The lowest BCUT2D eigenvalue weighted by Gasteiger charge is -2.18. The highest BCUT2D eigenvalue weighted by molar-refractivity contribution is 6.29. The van der Waals surface area contributed by atoms with Crippen molar-refractivity contribution in [3.8, 4) is 0 Å². The highest BCUT2D eigenvalue weighted by atomic mass is 35.5. The second kappa shape index (κ2) is 5.27. The molecule has 0 fully saturated rings. The van der Waals surface area contributed by atoms with E-state index in [1.165, 1.54) is 6.07 Å². The molecule has 0 saturated heterocycles. The first-order valence-electron chi connectivity index (χ1n) is 4.49. The number of nitrogens with one attached hydrogen (secondary N) is 1. The molecule has 0 aliphatic carbocycles. The molecule has 84 valence electrons. The molecule has 0 aliphatic rings. The number of anilines is 1. The van der Waals surface area contributed by atoms with Crippen LogP contribution in [0.1, 0.15) is 11.8 Å². The predicted octanol–water partition coefficient (Wildman–Crippen LogP) is -0.0691. The number of pyridine rings is 1. The molecule has 2 atom stereocenters. The summed E-state index contributed by atoms with van der Waals surface area (Å²) >= 11 is 5.67. The standard InChI is InChI=1S/C9H14ClN3O2/c1-12-4-6(14)9(15)8-5(11)2-3-7(10)13-8/h2-3,6,9,12,14-15H,4,11H2,1H3. The monoisotopic (exact) mass is 231 g/mol. The van der Waals surface area contributed by atoms with Crippen LogP contribution in [0.5, 0.6) is 0 Å². The fraction of sp³-hybridized carbons (Fsp3) is 0.444. The topological polar surface area (TPSA) is 91.4 Å². The summed E-state index contributed by atoms with van der Waals surface area (Å²) in [7, 11) is 1.67. The molecule has 0 aromatic carbocycles. The van der Waals surface area contributed by atoms with Crippen LogP contribution in [-0.4, -0.2) is 34.9 Å². The zero-order chi connectivity index (χ0) is 11.4. The first-order valence-corrected chi connectivity index (χ1v) is 4.86. The number of aliphatic hydroxyl groups is 2. The Labute approximate surface area is 92.9 Å². The van der Waals surface area contributed by atoms with E-state index < -0.39 is 12.2 Å². The lowest BCUT2D eigenvalue weighted by atomic mass is 10.1. The van der Waals surface area contributed by atoms with Gasteiger partial charge < -0.3 is 21.3 Å². The van der Waals surface area contributed by atoms with Gasteiger partial charge in [0, 0.05) is 6.54 Å². The van der Waals surface area contributed by atoms with Crippen molar-refractivity contribution in [3.63, 3.8) is 0 Å². The molecule has 15 heavy (non-hydrogen) atoms. The van der Waals surface area contributed by atoms with Gasteiger partial charge in [0.2, 0.25) is 0 Å². The Morgan fingerprint density at radius 1 is 1.53 bits per heavy atom. The van der Waals surface area contributed by atoms with Gasteiger partial charge in [0.05, 0.1) is 17.5 Å². The van der Waals surface area contributed by atoms with Crippen LogP contribution in [0.25, 0.3) is 0 Å². The lowest BCUT2D eigenvalue weighted by molar-refractivity contribution is 0.0181. The minimum atomic E-state index is -1.14. The van der Waals surface area contributed by atoms with Crippen LogP contribution in [0.3, 0.4) is 0 Å². The zero-order valence-electron chi connectivity index (χ0n) is 8.31. The number of likely N-dealkylation sites (N-methyl/N-ethyl adjacent to an activating group) is 1. The van der Waals surface area contributed by atoms with Crippen molar-refractivity contribution in [1.82, 2.24) is 10.3 Å². The molecule has 0 aliphatic heterocycles. The molecular formula is C9H14ClN3O2. The Hall–Kier alpha value is -0.880. The van der Waals surface area contributed by atoms with Gasteiger partial charge in [-0.25, -0.2) is 4.98 Å². The number of aromatic nitrogens is 1. The third-order valence-corrected chi connectivity index (χ3v) is 2.19. The Morgan fingerprint density at radius 2 is 2.20 bits per heavy atom. The number of nitrogen functional groups attached to an aromatic ring is 1. The van der Waals surface area contributed by atoms with Gasteiger partial charge in [0.25, 0.3) is 0 Å². The van der Waals surface area contributed by atoms with Gasteiger partial charge in [-0.15, -0.1) is 0 Å². The van der Waals surface area contributed by atoms with Gasteiger partial charge >= 0.3 is 0 Å². The lowest BCUT2D eigenvalue weighted by Crippen LogP contribution is -2.30. The van der Waals surface area contributed by atoms with E-state index in [4.69, 9.17) is 17.3 Å². The van der Waals surface area contributed by atoms with E-state index in [9.17, 15) is 10.2 Å². The molecule has 0 radical (unpaired) electrons. The van der Waals surface area contributed by atoms with E-state index in [1.54, 1.807) is 13.1 Å². The molecule has 0 amide bonds. The Morgan fingerprint density at radius 3 is 2.80 bits per heavy atom. The zero-order valence-corrected chi connectivity index (χ0v) is 9.07. The van der Waals surface area contributed by atoms with Crippen molar-refractivity contribution in [2.45, 2.75) is 12.2 Å². The molecule has 1 heterocycles. The van der Waals surface area contributed by atoms with E-state index in [0.29, 0.717) is 5.69 Å². The third kappa shape index (κ3) is 3.04. The molecule has 0 saturated carbocycles. The highest BCUT2D eigenvalue weighted by Crippen LogP contribution is 2.22. The van der Waals surface area contributed by atoms with E-state index in [1.807, 2.05) is 0 Å². The molecule has 6 heteroatoms. The first kappa shape index (κ1) is 12.2. The van der Waals surface area contributed by atoms with Crippen LogP contribution in [0.2, 0.25) is 5.15 Å². The minimum absolute atomic E-state index is 0.199. The molecule has 1 rings (SSSR count). The number of hydrogen-bond acceptors (Lipinski definition) is 5. The van der Waals surface area contributed by atoms with Gasteiger partial charge in [-0.2, -0.15) is 0 Å². The predicted molar refractivity (Wildman–Crippen MR) is 58.6 cm³/mol. The van der Waals surface area contributed by atoms with Gasteiger partial charge in [0.1, 0.15) is 11.3 Å². The second-order valence-corrected chi connectivity index (χ2v) is 3.57. The van der Waals surface area contributed by atoms with E-state index in [0.717, 1.165) is 0 Å². The molecule has 1 aromatic rings. The molecular weight excluding hydrogens is 218 g/mol. The van der Waals surface area contributed by atoms with Crippen LogP contribution >= 0.6 is 11.6 Å². The van der Waals surface area contributed by atoms with Crippen molar-refractivity contribution in [1.29, 1.82) is 0 Å².